The highest BCUT2D eigenvalue weighted by Gasteiger charge is 2.32. The van der Waals surface area contributed by atoms with Crippen LogP contribution in [0.2, 0.25) is 0 Å². The highest BCUT2D eigenvalue weighted by Crippen LogP contribution is 2.40. The monoisotopic (exact) mass is 299 g/mol. The van der Waals surface area contributed by atoms with Gasteiger partial charge in [-0.2, -0.15) is 0 Å². The highest BCUT2D eigenvalue weighted by atomic mass is 79.9. The zero-order valence-corrected chi connectivity index (χ0v) is 11.7. The molecule has 1 amide bonds. The molecule has 2 rings (SSSR count). The van der Waals surface area contributed by atoms with Crippen LogP contribution in [0, 0.1) is 5.41 Å². The van der Waals surface area contributed by atoms with Crippen LogP contribution in [0.25, 0.3) is 0 Å². The fraction of sp³-hybridized carbons (Fsp3) is 0.615. The van der Waals surface area contributed by atoms with Crippen LogP contribution in [0.15, 0.2) is 21.4 Å². The molecular weight excluding hydrogens is 282 g/mol. The van der Waals surface area contributed by atoms with Gasteiger partial charge in [-0.25, -0.2) is 0 Å². The molecule has 1 heterocycles. The first-order chi connectivity index (χ1) is 8.17. The Bertz CT molecular complexity index is 394. The molecule has 1 aliphatic carbocycles. The van der Waals surface area contributed by atoms with E-state index in [2.05, 4.69) is 28.2 Å². The number of hydrogen-bond donors (Lipinski definition) is 1. The van der Waals surface area contributed by atoms with E-state index in [1.165, 1.54) is 31.9 Å². The summed E-state index contributed by atoms with van der Waals surface area (Å²) in [5, 5.41) is 3.03. The minimum Gasteiger partial charge on any atom is -0.457 e. The first kappa shape index (κ1) is 12.7. The van der Waals surface area contributed by atoms with E-state index >= 15 is 0 Å². The second-order valence-corrected chi connectivity index (χ2v) is 5.57. The molecule has 3 nitrogen and oxygen atoms in total. The topological polar surface area (TPSA) is 42.2 Å². The summed E-state index contributed by atoms with van der Waals surface area (Å²) in [6.07, 6.45) is 7.70. The van der Waals surface area contributed by atoms with Gasteiger partial charge in [0.1, 0.15) is 0 Å². The van der Waals surface area contributed by atoms with Crippen LogP contribution in [0.1, 0.15) is 49.4 Å². The third-order valence-corrected chi connectivity index (χ3v) is 4.51. The lowest BCUT2D eigenvalue weighted by Gasteiger charge is -2.27. The molecule has 1 aliphatic rings. The standard InChI is InChI=1S/C13H18BrNO2/c1-2-13(6-3-4-7-13)9-15-12(16)10-5-8-17-11(10)14/h5,8H,2-4,6-7,9H2,1H3,(H,15,16). The third-order valence-electron chi connectivity index (χ3n) is 3.90. The third kappa shape index (κ3) is 2.73. The van der Waals surface area contributed by atoms with E-state index in [0.717, 1.165) is 13.0 Å². The number of hydrogen-bond acceptors (Lipinski definition) is 2. The SMILES string of the molecule is CCC1(CNC(=O)c2ccoc2Br)CCCC1. The van der Waals surface area contributed by atoms with E-state index in [4.69, 9.17) is 4.42 Å². The van der Waals surface area contributed by atoms with Crippen LogP contribution >= 0.6 is 15.9 Å². The molecular formula is C13H18BrNO2. The van der Waals surface area contributed by atoms with Gasteiger partial charge in [-0.3, -0.25) is 4.79 Å². The van der Waals surface area contributed by atoms with Crippen molar-refractivity contribution in [3.05, 3.63) is 22.6 Å². The maximum absolute atomic E-state index is 11.9. The predicted molar refractivity (Wildman–Crippen MR) is 69.9 cm³/mol. The molecule has 94 valence electrons. The van der Waals surface area contributed by atoms with Crippen molar-refractivity contribution in [1.82, 2.24) is 5.32 Å². The normalized spacial score (nSPS) is 18.2. The largest absolute Gasteiger partial charge is 0.457 e. The quantitative estimate of drug-likeness (QED) is 0.920. The van der Waals surface area contributed by atoms with E-state index in [1.54, 1.807) is 6.07 Å². The summed E-state index contributed by atoms with van der Waals surface area (Å²) >= 11 is 3.22. The average Bonchev–Trinajstić information content (AvgIpc) is 2.95. The van der Waals surface area contributed by atoms with E-state index in [9.17, 15) is 4.79 Å². The van der Waals surface area contributed by atoms with Gasteiger partial charge in [0.2, 0.25) is 0 Å². The van der Waals surface area contributed by atoms with Crippen LogP contribution in [0.3, 0.4) is 0 Å². The molecule has 0 radical (unpaired) electrons. The minimum atomic E-state index is -0.0506. The van der Waals surface area contributed by atoms with Gasteiger partial charge in [-0.1, -0.05) is 19.8 Å². The maximum Gasteiger partial charge on any atom is 0.255 e. The van der Waals surface area contributed by atoms with Gasteiger partial charge >= 0.3 is 0 Å². The first-order valence-electron chi connectivity index (χ1n) is 6.18. The smallest absolute Gasteiger partial charge is 0.255 e. The van der Waals surface area contributed by atoms with Crippen molar-refractivity contribution < 1.29 is 9.21 Å². The lowest BCUT2D eigenvalue weighted by Crippen LogP contribution is -2.35. The van der Waals surface area contributed by atoms with E-state index in [0.29, 0.717) is 15.6 Å². The molecule has 0 aromatic carbocycles. The number of nitrogens with one attached hydrogen (secondary N) is 1. The Balaban J connectivity index is 1.94. The van der Waals surface area contributed by atoms with Crippen molar-refractivity contribution in [2.45, 2.75) is 39.0 Å². The van der Waals surface area contributed by atoms with Crippen molar-refractivity contribution in [1.29, 1.82) is 0 Å². The molecule has 0 aliphatic heterocycles. The summed E-state index contributed by atoms with van der Waals surface area (Å²) in [4.78, 5) is 11.9. The fourth-order valence-corrected chi connectivity index (χ4v) is 3.02. The van der Waals surface area contributed by atoms with Crippen molar-refractivity contribution in [3.8, 4) is 0 Å². The minimum absolute atomic E-state index is 0.0506. The van der Waals surface area contributed by atoms with Crippen LogP contribution in [0.5, 0.6) is 0 Å². The van der Waals surface area contributed by atoms with Gasteiger partial charge in [0, 0.05) is 6.54 Å². The Morgan fingerprint density at radius 1 is 1.53 bits per heavy atom. The van der Waals surface area contributed by atoms with E-state index in [-0.39, 0.29) is 5.91 Å². The lowest BCUT2D eigenvalue weighted by atomic mass is 9.83. The number of rotatable bonds is 4. The van der Waals surface area contributed by atoms with Gasteiger partial charge in [0.25, 0.3) is 5.91 Å². The average molecular weight is 300 g/mol. The summed E-state index contributed by atoms with van der Waals surface area (Å²) in [7, 11) is 0. The molecule has 1 aromatic heterocycles. The molecule has 0 unspecified atom stereocenters. The first-order valence-corrected chi connectivity index (χ1v) is 6.97. The zero-order chi connectivity index (χ0) is 12.3. The second-order valence-electron chi connectivity index (χ2n) is 4.85. The molecule has 1 saturated carbocycles. The van der Waals surface area contributed by atoms with Gasteiger partial charge in [-0.15, -0.1) is 0 Å². The van der Waals surface area contributed by atoms with Crippen LogP contribution in [-0.2, 0) is 0 Å². The molecule has 17 heavy (non-hydrogen) atoms. The summed E-state index contributed by atoms with van der Waals surface area (Å²) in [6.45, 7) is 2.99. The molecule has 0 atom stereocenters. The highest BCUT2D eigenvalue weighted by molar-refractivity contribution is 9.10. The summed E-state index contributed by atoms with van der Waals surface area (Å²) in [5.41, 5.74) is 0.903. The molecule has 4 heteroatoms. The van der Waals surface area contributed by atoms with Crippen molar-refractivity contribution in [2.24, 2.45) is 5.41 Å². The van der Waals surface area contributed by atoms with E-state index in [1.807, 2.05) is 0 Å². The molecule has 0 saturated heterocycles. The lowest BCUT2D eigenvalue weighted by molar-refractivity contribution is 0.0927. The number of carbonyl (C=O) groups is 1. The summed E-state index contributed by atoms with van der Waals surface area (Å²) < 4.78 is 5.57. The molecule has 0 spiro atoms. The Kier molecular flexibility index (Phi) is 3.92. The Hall–Kier alpha value is -0.770. The van der Waals surface area contributed by atoms with E-state index < -0.39 is 0 Å². The zero-order valence-electron chi connectivity index (χ0n) is 10.1. The molecule has 1 aromatic rings. The summed E-state index contributed by atoms with van der Waals surface area (Å²) in [6, 6.07) is 1.69. The molecule has 1 N–H and O–H groups in total. The van der Waals surface area contributed by atoms with Gasteiger partial charge in [0.15, 0.2) is 4.67 Å². The van der Waals surface area contributed by atoms with Crippen LogP contribution in [0.4, 0.5) is 0 Å². The van der Waals surface area contributed by atoms with Gasteiger partial charge in [0.05, 0.1) is 11.8 Å². The fourth-order valence-electron chi connectivity index (χ4n) is 2.60. The predicted octanol–water partition coefficient (Wildman–Crippen LogP) is 3.74. The Morgan fingerprint density at radius 3 is 2.76 bits per heavy atom. The van der Waals surface area contributed by atoms with Gasteiger partial charge < -0.3 is 9.73 Å². The number of amides is 1. The number of carbonyl (C=O) groups excluding carboxylic acids is 1. The Morgan fingerprint density at radius 2 is 2.24 bits per heavy atom. The van der Waals surface area contributed by atoms with Crippen molar-refractivity contribution in [2.75, 3.05) is 6.54 Å². The molecule has 0 bridgehead atoms. The van der Waals surface area contributed by atoms with Crippen LogP contribution in [-0.4, -0.2) is 12.5 Å². The van der Waals surface area contributed by atoms with Gasteiger partial charge in [-0.05, 0) is 46.7 Å². The maximum atomic E-state index is 11.9. The Labute approximate surface area is 110 Å². The second kappa shape index (κ2) is 5.25. The number of halogens is 1. The molecule has 1 fully saturated rings. The van der Waals surface area contributed by atoms with Crippen molar-refractivity contribution in [3.63, 3.8) is 0 Å². The van der Waals surface area contributed by atoms with Crippen LogP contribution < -0.4 is 5.32 Å². The summed E-state index contributed by atoms with van der Waals surface area (Å²) in [5.74, 6) is -0.0506. The number of furan rings is 1. The van der Waals surface area contributed by atoms with Crippen molar-refractivity contribution >= 4 is 21.8 Å².